The third-order valence-electron chi connectivity index (χ3n) is 2.03. The number of imide groups is 1. The summed E-state index contributed by atoms with van der Waals surface area (Å²) in [7, 11) is 0. The second kappa shape index (κ2) is 5.43. The molecule has 3 amide bonds. The van der Waals surface area contributed by atoms with E-state index in [1.807, 2.05) is 5.32 Å². The average Bonchev–Trinajstić information content (AvgIpc) is 2.32. The van der Waals surface area contributed by atoms with Gasteiger partial charge >= 0.3 is 17.7 Å². The Labute approximate surface area is 101 Å². The Morgan fingerprint density at radius 1 is 1.61 bits per heavy atom. The van der Waals surface area contributed by atoms with Gasteiger partial charge < -0.3 is 9.57 Å². The number of hydrogen-bond acceptors (Lipinski definition) is 6. The minimum atomic E-state index is -3.18. The van der Waals surface area contributed by atoms with Crippen molar-refractivity contribution in [3.8, 4) is 0 Å². The van der Waals surface area contributed by atoms with Crippen molar-refractivity contribution in [2.45, 2.75) is 25.7 Å². The molecular weight excluding hydrogens is 249 g/mol. The van der Waals surface area contributed by atoms with Gasteiger partial charge in [-0.05, 0) is 13.8 Å². The molecule has 100 valence electrons. The number of nitrogens with one attached hydrogen (secondary N) is 2. The number of rotatable bonds is 4. The number of halogens is 1. The van der Waals surface area contributed by atoms with Gasteiger partial charge in [-0.3, -0.25) is 15.4 Å². The van der Waals surface area contributed by atoms with Crippen LogP contribution in [-0.4, -0.2) is 42.6 Å². The fourth-order valence-electron chi connectivity index (χ4n) is 1.22. The van der Waals surface area contributed by atoms with Gasteiger partial charge in [0.05, 0.1) is 6.61 Å². The van der Waals surface area contributed by atoms with E-state index in [9.17, 15) is 18.8 Å². The maximum absolute atomic E-state index is 14.4. The molecule has 1 heterocycles. The average molecular weight is 261 g/mol. The summed E-state index contributed by atoms with van der Waals surface area (Å²) in [5.41, 5.74) is -3.18. The summed E-state index contributed by atoms with van der Waals surface area (Å²) in [5.74, 6) is -2.92. The molecule has 0 aromatic heterocycles. The minimum Gasteiger partial charge on any atom is -0.463 e. The first-order chi connectivity index (χ1) is 8.46. The van der Waals surface area contributed by atoms with Crippen molar-refractivity contribution in [1.29, 1.82) is 0 Å². The number of urea groups is 1. The summed E-state index contributed by atoms with van der Waals surface area (Å²) < 4.78 is 18.8. The van der Waals surface area contributed by atoms with Gasteiger partial charge in [-0.2, -0.15) is 0 Å². The second-order valence-corrected chi connectivity index (χ2v) is 3.21. The van der Waals surface area contributed by atoms with E-state index >= 15 is 0 Å². The highest BCUT2D eigenvalue weighted by molar-refractivity contribution is 6.14. The van der Waals surface area contributed by atoms with Crippen LogP contribution in [0.2, 0.25) is 0 Å². The number of nitrogens with zero attached hydrogens (tertiary/aromatic N) is 1. The topological polar surface area (TPSA) is 106 Å². The number of hydrogen-bond donors (Lipinski definition) is 2. The smallest absolute Gasteiger partial charge is 0.360 e. The third-order valence-corrected chi connectivity index (χ3v) is 2.03. The van der Waals surface area contributed by atoms with Gasteiger partial charge in [-0.25, -0.2) is 14.0 Å². The van der Waals surface area contributed by atoms with E-state index in [1.165, 1.54) is 13.8 Å². The summed E-state index contributed by atoms with van der Waals surface area (Å²) in [4.78, 5) is 38.5. The molecule has 2 N–H and O–H groups in total. The number of alkyl halides is 1. The Morgan fingerprint density at radius 2 is 2.28 bits per heavy atom. The Morgan fingerprint density at radius 3 is 2.83 bits per heavy atom. The number of ether oxygens (including phenoxy) is 1. The molecule has 1 fully saturated rings. The van der Waals surface area contributed by atoms with Crippen molar-refractivity contribution in [2.24, 2.45) is 5.16 Å². The van der Waals surface area contributed by atoms with Gasteiger partial charge in [0.2, 0.25) is 0 Å². The van der Waals surface area contributed by atoms with Gasteiger partial charge in [-0.1, -0.05) is 5.16 Å². The number of carbonyl (C=O) groups is 3. The molecule has 18 heavy (non-hydrogen) atoms. The van der Waals surface area contributed by atoms with Crippen LogP contribution >= 0.6 is 0 Å². The van der Waals surface area contributed by atoms with Crippen LogP contribution in [-0.2, 0) is 19.2 Å². The van der Waals surface area contributed by atoms with Crippen LogP contribution < -0.4 is 10.6 Å². The highest BCUT2D eigenvalue weighted by Gasteiger charge is 2.61. The van der Waals surface area contributed by atoms with Crippen molar-refractivity contribution in [3.63, 3.8) is 0 Å². The molecular formula is C9H12FN3O5. The van der Waals surface area contributed by atoms with Gasteiger partial charge in [0, 0.05) is 6.21 Å². The number of amides is 3. The summed E-state index contributed by atoms with van der Waals surface area (Å²) in [6, 6.07) is -0.992. The largest absolute Gasteiger partial charge is 0.463 e. The van der Waals surface area contributed by atoms with Crippen LogP contribution in [0.25, 0.3) is 0 Å². The predicted molar refractivity (Wildman–Crippen MR) is 56.2 cm³/mol. The fraction of sp³-hybridized carbons (Fsp3) is 0.556. The molecule has 0 saturated carbocycles. The molecule has 0 aliphatic carbocycles. The van der Waals surface area contributed by atoms with E-state index in [4.69, 9.17) is 0 Å². The zero-order chi connectivity index (χ0) is 13.8. The van der Waals surface area contributed by atoms with Crippen LogP contribution in [0.15, 0.2) is 5.16 Å². The van der Waals surface area contributed by atoms with Crippen LogP contribution in [0.3, 0.4) is 0 Å². The van der Waals surface area contributed by atoms with Crippen molar-refractivity contribution in [3.05, 3.63) is 0 Å². The molecule has 1 saturated heterocycles. The second-order valence-electron chi connectivity index (χ2n) is 3.21. The summed E-state index contributed by atoms with van der Waals surface area (Å²) in [6.45, 7) is 2.78. The first kappa shape index (κ1) is 13.9. The zero-order valence-corrected chi connectivity index (χ0v) is 9.73. The Kier molecular flexibility index (Phi) is 4.18. The maximum Gasteiger partial charge on any atom is 0.360 e. The Balaban J connectivity index is 3.02. The predicted octanol–water partition coefficient (Wildman–Crippen LogP) is -0.554. The standard InChI is InChI=1S/C9H12FN3O5/c1-3-11-18-6-9(10,7(15)17-4-2)5(14)12-8(16)13-6/h3,6H,4H2,1-2H3,(H2,12,13,14,16). The minimum absolute atomic E-state index is 0.129. The Bertz CT molecular complexity index is 400. The molecule has 9 heteroatoms. The van der Waals surface area contributed by atoms with E-state index in [2.05, 4.69) is 14.7 Å². The van der Waals surface area contributed by atoms with E-state index in [0.29, 0.717) is 0 Å². The molecule has 1 aliphatic heterocycles. The maximum atomic E-state index is 14.4. The molecule has 2 atom stereocenters. The molecule has 0 aromatic carbocycles. The number of esters is 1. The fourth-order valence-corrected chi connectivity index (χ4v) is 1.22. The lowest BCUT2D eigenvalue weighted by molar-refractivity contribution is -0.179. The molecule has 0 bridgehead atoms. The van der Waals surface area contributed by atoms with Gasteiger partial charge in [0.1, 0.15) is 0 Å². The molecule has 0 radical (unpaired) electrons. The van der Waals surface area contributed by atoms with Crippen molar-refractivity contribution >= 4 is 24.1 Å². The van der Waals surface area contributed by atoms with Crippen molar-refractivity contribution < 1.29 is 28.3 Å². The molecule has 0 aromatic rings. The van der Waals surface area contributed by atoms with Crippen LogP contribution in [0.1, 0.15) is 13.8 Å². The molecule has 8 nitrogen and oxygen atoms in total. The number of carbonyl (C=O) groups excluding carboxylic acids is 3. The monoisotopic (exact) mass is 261 g/mol. The summed E-state index contributed by atoms with van der Waals surface area (Å²) in [5, 5.41) is 6.78. The first-order valence-corrected chi connectivity index (χ1v) is 5.08. The highest BCUT2D eigenvalue weighted by atomic mass is 19.1. The van der Waals surface area contributed by atoms with Gasteiger partial charge in [-0.15, -0.1) is 0 Å². The van der Waals surface area contributed by atoms with Crippen LogP contribution in [0.5, 0.6) is 0 Å². The quantitative estimate of drug-likeness (QED) is 0.305. The molecule has 0 spiro atoms. The first-order valence-electron chi connectivity index (χ1n) is 5.08. The molecule has 1 aliphatic rings. The van der Waals surface area contributed by atoms with E-state index in [1.54, 1.807) is 5.32 Å². The lowest BCUT2D eigenvalue weighted by Gasteiger charge is -2.32. The third kappa shape index (κ3) is 2.39. The van der Waals surface area contributed by atoms with E-state index in [-0.39, 0.29) is 6.61 Å². The Hall–Kier alpha value is -2.19. The zero-order valence-electron chi connectivity index (χ0n) is 9.73. The van der Waals surface area contributed by atoms with Gasteiger partial charge in [0.15, 0.2) is 0 Å². The molecule has 2 unspecified atom stereocenters. The summed E-state index contributed by atoms with van der Waals surface area (Å²) >= 11 is 0. The number of oxime groups is 1. The van der Waals surface area contributed by atoms with Gasteiger partial charge in [0.25, 0.3) is 12.1 Å². The lowest BCUT2D eigenvalue weighted by atomic mass is 10.0. The van der Waals surface area contributed by atoms with Crippen LogP contribution in [0.4, 0.5) is 9.18 Å². The normalized spacial score (nSPS) is 27.6. The van der Waals surface area contributed by atoms with Crippen LogP contribution in [0, 0.1) is 0 Å². The summed E-state index contributed by atoms with van der Waals surface area (Å²) in [6.07, 6.45) is -0.724. The molecule has 1 rings (SSSR count). The van der Waals surface area contributed by atoms with Crippen molar-refractivity contribution in [1.82, 2.24) is 10.6 Å². The lowest BCUT2D eigenvalue weighted by Crippen LogP contribution is -2.70. The SMILES string of the molecule is CC=NOC1NC(=O)NC(=O)C1(F)C(=O)OCC. The highest BCUT2D eigenvalue weighted by Crippen LogP contribution is 2.23. The van der Waals surface area contributed by atoms with E-state index < -0.39 is 29.8 Å². The van der Waals surface area contributed by atoms with Crippen molar-refractivity contribution in [2.75, 3.05) is 6.61 Å². The van der Waals surface area contributed by atoms with E-state index in [0.717, 1.165) is 6.21 Å².